The van der Waals surface area contributed by atoms with Crippen LogP contribution in [0.25, 0.3) is 0 Å². The van der Waals surface area contributed by atoms with Gasteiger partial charge in [0.25, 0.3) is 0 Å². The Kier molecular flexibility index (Phi) is 4.37. The summed E-state index contributed by atoms with van der Waals surface area (Å²) in [6.45, 7) is 0.738. The highest BCUT2D eigenvalue weighted by Gasteiger charge is 2.21. The van der Waals surface area contributed by atoms with E-state index < -0.39 is 0 Å². The number of amides is 1. The lowest BCUT2D eigenvalue weighted by Crippen LogP contribution is -2.30. The molecule has 1 aliphatic rings. The van der Waals surface area contributed by atoms with E-state index in [1.165, 1.54) is 0 Å². The maximum Gasteiger partial charge on any atom is 0.227 e. The van der Waals surface area contributed by atoms with Gasteiger partial charge in [-0.3, -0.25) is 4.79 Å². The van der Waals surface area contributed by atoms with Crippen LogP contribution >= 0.6 is 12.2 Å². The summed E-state index contributed by atoms with van der Waals surface area (Å²) in [6, 6.07) is 5.48. The predicted molar refractivity (Wildman–Crippen MR) is 79.7 cm³/mol. The molecular formula is C14H18N2O2S. The van der Waals surface area contributed by atoms with E-state index >= 15 is 0 Å². The van der Waals surface area contributed by atoms with Crippen molar-refractivity contribution in [3.05, 3.63) is 23.8 Å². The number of ether oxygens (including phenoxy) is 1. The van der Waals surface area contributed by atoms with E-state index in [1.54, 1.807) is 18.1 Å². The highest BCUT2D eigenvalue weighted by Crippen LogP contribution is 2.31. The number of carbonyl (C=O) groups excluding carboxylic acids is 1. The molecule has 0 atom stereocenters. The van der Waals surface area contributed by atoms with Gasteiger partial charge in [0.05, 0.1) is 12.8 Å². The van der Waals surface area contributed by atoms with Crippen LogP contribution < -0.4 is 15.4 Å². The van der Waals surface area contributed by atoms with E-state index in [0.717, 1.165) is 37.1 Å². The number of hydrogen-bond donors (Lipinski definition) is 1. The molecule has 1 saturated heterocycles. The Morgan fingerprint density at radius 3 is 2.84 bits per heavy atom. The second kappa shape index (κ2) is 6.02. The summed E-state index contributed by atoms with van der Waals surface area (Å²) < 4.78 is 5.37. The molecule has 4 nitrogen and oxygen atoms in total. The summed E-state index contributed by atoms with van der Waals surface area (Å²) in [4.78, 5) is 14.2. The largest absolute Gasteiger partial charge is 0.495 e. The first kappa shape index (κ1) is 13.8. The fourth-order valence-electron chi connectivity index (χ4n) is 2.29. The van der Waals surface area contributed by atoms with Gasteiger partial charge in [0.15, 0.2) is 0 Å². The molecule has 1 aromatic carbocycles. The monoisotopic (exact) mass is 278 g/mol. The molecule has 2 rings (SSSR count). The van der Waals surface area contributed by atoms with Gasteiger partial charge in [-0.2, -0.15) is 0 Å². The summed E-state index contributed by atoms with van der Waals surface area (Å²) in [7, 11) is 1.59. The second-order valence-electron chi connectivity index (χ2n) is 4.61. The Bertz CT molecular complexity index is 502. The van der Waals surface area contributed by atoms with Crippen LogP contribution in [0.3, 0.4) is 0 Å². The molecule has 0 saturated carbocycles. The van der Waals surface area contributed by atoms with Gasteiger partial charge in [-0.15, -0.1) is 0 Å². The van der Waals surface area contributed by atoms with Crippen LogP contribution in [0.1, 0.15) is 31.2 Å². The molecular weight excluding hydrogens is 260 g/mol. The first-order valence-corrected chi connectivity index (χ1v) is 6.82. The van der Waals surface area contributed by atoms with Crippen molar-refractivity contribution < 1.29 is 9.53 Å². The summed E-state index contributed by atoms with van der Waals surface area (Å²) in [5.41, 5.74) is 7.16. The number of thiocarbonyl (C=S) groups is 1. The molecule has 1 aromatic rings. The summed E-state index contributed by atoms with van der Waals surface area (Å²) in [5, 5.41) is 0. The van der Waals surface area contributed by atoms with Crippen LogP contribution in [-0.4, -0.2) is 24.6 Å². The third-order valence-electron chi connectivity index (χ3n) is 3.33. The van der Waals surface area contributed by atoms with Gasteiger partial charge in [0.2, 0.25) is 5.91 Å². The molecule has 5 heteroatoms. The SMILES string of the molecule is COc1cc(C(N)=S)ccc1N1CCCCCC1=O. The van der Waals surface area contributed by atoms with Crippen molar-refractivity contribution in [3.8, 4) is 5.75 Å². The maximum absolute atomic E-state index is 12.1. The second-order valence-corrected chi connectivity index (χ2v) is 5.05. The number of carbonyl (C=O) groups is 1. The van der Waals surface area contributed by atoms with Crippen LogP contribution in [0, 0.1) is 0 Å². The normalized spacial score (nSPS) is 16.1. The van der Waals surface area contributed by atoms with Gasteiger partial charge < -0.3 is 15.4 Å². The summed E-state index contributed by atoms with van der Waals surface area (Å²) in [6.07, 6.45) is 3.67. The highest BCUT2D eigenvalue weighted by molar-refractivity contribution is 7.80. The lowest BCUT2D eigenvalue weighted by molar-refractivity contribution is -0.118. The number of methoxy groups -OCH3 is 1. The van der Waals surface area contributed by atoms with Crippen LogP contribution in [0.5, 0.6) is 5.75 Å². The Hall–Kier alpha value is -1.62. The van der Waals surface area contributed by atoms with Gasteiger partial charge in [0, 0.05) is 18.5 Å². The van der Waals surface area contributed by atoms with E-state index in [1.807, 2.05) is 12.1 Å². The standard InChI is InChI=1S/C14H18N2O2S/c1-18-12-9-10(14(15)19)6-7-11(12)16-8-4-2-3-5-13(16)17/h6-7,9H,2-5,8H2,1H3,(H2,15,19). The predicted octanol–water partition coefficient (Wildman–Crippen LogP) is 2.24. The highest BCUT2D eigenvalue weighted by atomic mass is 32.1. The molecule has 102 valence electrons. The third-order valence-corrected chi connectivity index (χ3v) is 3.56. The first-order chi connectivity index (χ1) is 9.13. The minimum absolute atomic E-state index is 0.152. The van der Waals surface area contributed by atoms with E-state index in [9.17, 15) is 4.79 Å². The van der Waals surface area contributed by atoms with Gasteiger partial charge >= 0.3 is 0 Å². The van der Waals surface area contributed by atoms with E-state index in [4.69, 9.17) is 22.7 Å². The molecule has 1 amide bonds. The van der Waals surface area contributed by atoms with Crippen LogP contribution in [0.15, 0.2) is 18.2 Å². The van der Waals surface area contributed by atoms with E-state index in [-0.39, 0.29) is 5.91 Å². The molecule has 0 bridgehead atoms. The number of benzene rings is 1. The minimum Gasteiger partial charge on any atom is -0.495 e. The fraction of sp³-hybridized carbons (Fsp3) is 0.429. The molecule has 2 N–H and O–H groups in total. The molecule has 0 aliphatic carbocycles. The molecule has 19 heavy (non-hydrogen) atoms. The number of anilines is 1. The number of nitrogens with zero attached hydrogens (tertiary/aromatic N) is 1. The zero-order valence-corrected chi connectivity index (χ0v) is 11.8. The maximum atomic E-state index is 12.1. The van der Waals surface area contributed by atoms with Crippen molar-refractivity contribution in [2.75, 3.05) is 18.6 Å². The number of rotatable bonds is 3. The molecule has 0 radical (unpaired) electrons. The average Bonchev–Trinajstić information content (AvgIpc) is 2.62. The van der Waals surface area contributed by atoms with E-state index in [0.29, 0.717) is 17.2 Å². The molecule has 0 unspecified atom stereocenters. The van der Waals surface area contributed by atoms with Crippen molar-refractivity contribution in [2.45, 2.75) is 25.7 Å². The van der Waals surface area contributed by atoms with Crippen LogP contribution in [0.4, 0.5) is 5.69 Å². The number of hydrogen-bond acceptors (Lipinski definition) is 3. The topological polar surface area (TPSA) is 55.6 Å². The summed E-state index contributed by atoms with van der Waals surface area (Å²) >= 11 is 4.96. The van der Waals surface area contributed by atoms with Crippen molar-refractivity contribution in [2.24, 2.45) is 5.73 Å². The first-order valence-electron chi connectivity index (χ1n) is 6.41. The van der Waals surface area contributed by atoms with Crippen molar-refractivity contribution >= 4 is 28.8 Å². The van der Waals surface area contributed by atoms with Crippen molar-refractivity contribution in [1.82, 2.24) is 0 Å². The van der Waals surface area contributed by atoms with Gasteiger partial charge in [-0.1, -0.05) is 18.6 Å². The Morgan fingerprint density at radius 1 is 1.37 bits per heavy atom. The average molecular weight is 278 g/mol. The van der Waals surface area contributed by atoms with Crippen molar-refractivity contribution in [1.29, 1.82) is 0 Å². The van der Waals surface area contributed by atoms with Crippen LogP contribution in [-0.2, 0) is 4.79 Å². The summed E-state index contributed by atoms with van der Waals surface area (Å²) in [5.74, 6) is 0.791. The van der Waals surface area contributed by atoms with E-state index in [2.05, 4.69) is 0 Å². The Labute approximate surface area is 118 Å². The quantitative estimate of drug-likeness (QED) is 0.862. The third kappa shape index (κ3) is 3.04. The lowest BCUT2D eigenvalue weighted by atomic mass is 10.1. The zero-order chi connectivity index (χ0) is 13.8. The lowest BCUT2D eigenvalue weighted by Gasteiger charge is -2.23. The van der Waals surface area contributed by atoms with Crippen molar-refractivity contribution in [3.63, 3.8) is 0 Å². The Morgan fingerprint density at radius 2 is 2.16 bits per heavy atom. The minimum atomic E-state index is 0.152. The Balaban J connectivity index is 2.37. The fourth-order valence-corrected chi connectivity index (χ4v) is 2.42. The molecule has 1 fully saturated rings. The van der Waals surface area contributed by atoms with Gasteiger partial charge in [-0.05, 0) is 31.0 Å². The number of nitrogens with two attached hydrogens (primary N) is 1. The smallest absolute Gasteiger partial charge is 0.227 e. The molecule has 0 aromatic heterocycles. The van der Waals surface area contributed by atoms with Gasteiger partial charge in [-0.25, -0.2) is 0 Å². The van der Waals surface area contributed by atoms with Gasteiger partial charge in [0.1, 0.15) is 10.7 Å². The molecule has 0 spiro atoms. The molecule has 1 heterocycles. The molecule has 1 aliphatic heterocycles. The van der Waals surface area contributed by atoms with Crippen LogP contribution in [0.2, 0.25) is 0 Å². The zero-order valence-electron chi connectivity index (χ0n) is 11.0.